The third-order valence-electron chi connectivity index (χ3n) is 3.81. The molecule has 1 fully saturated rings. The summed E-state index contributed by atoms with van der Waals surface area (Å²) < 4.78 is 27.2. The molecule has 3 N–H and O–H groups in total. The Morgan fingerprint density at radius 3 is 2.57 bits per heavy atom. The quantitative estimate of drug-likeness (QED) is 0.885. The molecule has 0 aliphatic heterocycles. The SMILES string of the molecule is N#Cc1ccc(S(=O)(=O)NCC2(N)CCCCC2)c(Cl)c1. The number of halogens is 1. The van der Waals surface area contributed by atoms with Gasteiger partial charge in [-0.2, -0.15) is 5.26 Å². The van der Waals surface area contributed by atoms with Gasteiger partial charge < -0.3 is 5.73 Å². The predicted molar refractivity (Wildman–Crippen MR) is 81.4 cm³/mol. The Morgan fingerprint density at radius 1 is 1.33 bits per heavy atom. The van der Waals surface area contributed by atoms with Crippen molar-refractivity contribution in [3.8, 4) is 6.07 Å². The lowest BCUT2D eigenvalue weighted by molar-refractivity contribution is 0.296. The molecule has 7 heteroatoms. The molecule has 21 heavy (non-hydrogen) atoms. The van der Waals surface area contributed by atoms with Crippen LogP contribution in [0.15, 0.2) is 23.1 Å². The van der Waals surface area contributed by atoms with E-state index >= 15 is 0 Å². The largest absolute Gasteiger partial charge is 0.324 e. The lowest BCUT2D eigenvalue weighted by atomic mass is 9.83. The Bertz CT molecular complexity index is 661. The summed E-state index contributed by atoms with van der Waals surface area (Å²) in [7, 11) is -3.72. The summed E-state index contributed by atoms with van der Waals surface area (Å²) in [5.41, 5.74) is 6.06. The number of nitriles is 1. The molecular weight excluding hydrogens is 310 g/mol. The molecule has 0 atom stereocenters. The second kappa shape index (κ2) is 6.32. The fourth-order valence-corrected chi connectivity index (χ4v) is 4.22. The highest BCUT2D eigenvalue weighted by Gasteiger charge is 2.29. The molecular formula is C14H18ClN3O2S. The molecule has 0 saturated heterocycles. The molecule has 5 nitrogen and oxygen atoms in total. The number of sulfonamides is 1. The summed E-state index contributed by atoms with van der Waals surface area (Å²) in [6.07, 6.45) is 4.83. The molecule has 0 heterocycles. The molecule has 1 aromatic rings. The molecule has 1 aliphatic rings. The van der Waals surface area contributed by atoms with Crippen LogP contribution < -0.4 is 10.5 Å². The van der Waals surface area contributed by atoms with Gasteiger partial charge in [-0.15, -0.1) is 0 Å². The van der Waals surface area contributed by atoms with Crippen molar-refractivity contribution in [2.45, 2.75) is 42.5 Å². The van der Waals surface area contributed by atoms with E-state index in [1.54, 1.807) is 0 Å². The average Bonchev–Trinajstić information content (AvgIpc) is 2.46. The van der Waals surface area contributed by atoms with Gasteiger partial charge in [-0.05, 0) is 31.0 Å². The summed E-state index contributed by atoms with van der Waals surface area (Å²) in [6, 6.07) is 6.03. The molecule has 0 unspecified atom stereocenters. The first kappa shape index (κ1) is 16.2. The smallest absolute Gasteiger partial charge is 0.242 e. The lowest BCUT2D eigenvalue weighted by Gasteiger charge is -2.33. The summed E-state index contributed by atoms with van der Waals surface area (Å²) >= 11 is 5.95. The zero-order chi connectivity index (χ0) is 15.5. The topological polar surface area (TPSA) is 96.0 Å². The summed E-state index contributed by atoms with van der Waals surface area (Å²) in [6.45, 7) is 0.200. The van der Waals surface area contributed by atoms with E-state index in [0.29, 0.717) is 5.56 Å². The maximum atomic E-state index is 12.3. The molecule has 1 saturated carbocycles. The molecule has 0 spiro atoms. The Morgan fingerprint density at radius 2 is 2.00 bits per heavy atom. The first-order valence-corrected chi connectivity index (χ1v) is 8.71. The molecule has 2 rings (SSSR count). The van der Waals surface area contributed by atoms with Crippen molar-refractivity contribution >= 4 is 21.6 Å². The zero-order valence-corrected chi connectivity index (χ0v) is 13.2. The van der Waals surface area contributed by atoms with E-state index in [1.165, 1.54) is 18.2 Å². The third kappa shape index (κ3) is 3.95. The minimum Gasteiger partial charge on any atom is -0.324 e. The second-order valence-corrected chi connectivity index (χ2v) is 7.65. The summed E-state index contributed by atoms with van der Waals surface area (Å²) in [4.78, 5) is -0.0254. The first-order chi connectivity index (χ1) is 9.86. The van der Waals surface area contributed by atoms with Crippen LogP contribution in [-0.4, -0.2) is 20.5 Å². The van der Waals surface area contributed by atoms with Crippen molar-refractivity contribution < 1.29 is 8.42 Å². The van der Waals surface area contributed by atoms with E-state index in [2.05, 4.69) is 4.72 Å². The van der Waals surface area contributed by atoms with Crippen LogP contribution in [0.4, 0.5) is 0 Å². The number of nitrogens with zero attached hydrogens (tertiary/aromatic N) is 1. The van der Waals surface area contributed by atoms with Gasteiger partial charge >= 0.3 is 0 Å². The highest BCUT2D eigenvalue weighted by atomic mass is 35.5. The van der Waals surface area contributed by atoms with Gasteiger partial charge in [-0.1, -0.05) is 30.9 Å². The average molecular weight is 328 g/mol. The van der Waals surface area contributed by atoms with E-state index < -0.39 is 15.6 Å². The van der Waals surface area contributed by atoms with Crippen LogP contribution in [0.3, 0.4) is 0 Å². The van der Waals surface area contributed by atoms with E-state index in [4.69, 9.17) is 22.6 Å². The van der Waals surface area contributed by atoms with Crippen LogP contribution >= 0.6 is 11.6 Å². The van der Waals surface area contributed by atoms with Gasteiger partial charge in [0.15, 0.2) is 0 Å². The van der Waals surface area contributed by atoms with Gasteiger partial charge in [-0.25, -0.2) is 13.1 Å². The Labute approximate surface area is 130 Å². The molecule has 0 radical (unpaired) electrons. The van der Waals surface area contributed by atoms with Crippen molar-refractivity contribution in [1.82, 2.24) is 4.72 Å². The van der Waals surface area contributed by atoms with Crippen molar-refractivity contribution in [3.05, 3.63) is 28.8 Å². The number of hydrogen-bond donors (Lipinski definition) is 2. The molecule has 0 bridgehead atoms. The maximum Gasteiger partial charge on any atom is 0.242 e. The van der Waals surface area contributed by atoms with Gasteiger partial charge in [-0.3, -0.25) is 0 Å². The Balaban J connectivity index is 2.13. The summed E-state index contributed by atoms with van der Waals surface area (Å²) in [5.74, 6) is 0. The van der Waals surface area contributed by atoms with Crippen molar-refractivity contribution in [2.24, 2.45) is 5.73 Å². The highest BCUT2D eigenvalue weighted by Crippen LogP contribution is 2.27. The zero-order valence-electron chi connectivity index (χ0n) is 11.6. The minimum absolute atomic E-state index is 0.0254. The summed E-state index contributed by atoms with van der Waals surface area (Å²) in [5, 5.41) is 8.81. The van der Waals surface area contributed by atoms with Gasteiger partial charge in [0, 0.05) is 12.1 Å². The second-order valence-electron chi connectivity index (χ2n) is 5.50. The standard InChI is InChI=1S/C14H18ClN3O2S/c15-12-8-11(9-16)4-5-13(12)21(19,20)18-10-14(17)6-2-1-3-7-14/h4-5,8,18H,1-3,6-7,10,17H2. The predicted octanol–water partition coefficient (Wildman–Crippen LogP) is 2.15. The highest BCUT2D eigenvalue weighted by molar-refractivity contribution is 7.89. The minimum atomic E-state index is -3.72. The third-order valence-corrected chi connectivity index (χ3v) is 5.70. The van der Waals surface area contributed by atoms with E-state index in [1.807, 2.05) is 6.07 Å². The van der Waals surface area contributed by atoms with Gasteiger partial charge in [0.05, 0.1) is 16.7 Å². The molecule has 114 valence electrons. The molecule has 1 aromatic carbocycles. The van der Waals surface area contributed by atoms with Crippen molar-refractivity contribution in [2.75, 3.05) is 6.54 Å². The van der Waals surface area contributed by atoms with Crippen LogP contribution in [0.5, 0.6) is 0 Å². The van der Waals surface area contributed by atoms with Crippen LogP contribution in [-0.2, 0) is 10.0 Å². The number of benzene rings is 1. The molecule has 0 aromatic heterocycles. The maximum absolute atomic E-state index is 12.3. The van der Waals surface area contributed by atoms with E-state index in [9.17, 15) is 8.42 Å². The van der Waals surface area contributed by atoms with Crippen LogP contribution in [0.25, 0.3) is 0 Å². The van der Waals surface area contributed by atoms with Crippen molar-refractivity contribution in [1.29, 1.82) is 5.26 Å². The van der Waals surface area contributed by atoms with Crippen LogP contribution in [0, 0.1) is 11.3 Å². The first-order valence-electron chi connectivity index (χ1n) is 6.85. The van der Waals surface area contributed by atoms with Gasteiger partial charge in [0.25, 0.3) is 0 Å². The van der Waals surface area contributed by atoms with Gasteiger partial charge in [0.2, 0.25) is 10.0 Å². The lowest BCUT2D eigenvalue weighted by Crippen LogP contribution is -2.51. The van der Waals surface area contributed by atoms with Gasteiger partial charge in [0.1, 0.15) is 4.90 Å². The molecule has 0 amide bonds. The van der Waals surface area contributed by atoms with E-state index in [-0.39, 0.29) is 16.5 Å². The number of nitrogens with one attached hydrogen (secondary N) is 1. The monoisotopic (exact) mass is 327 g/mol. The fraction of sp³-hybridized carbons (Fsp3) is 0.500. The van der Waals surface area contributed by atoms with E-state index in [0.717, 1.165) is 32.1 Å². The van der Waals surface area contributed by atoms with Crippen molar-refractivity contribution in [3.63, 3.8) is 0 Å². The Hall–Kier alpha value is -1.13. The van der Waals surface area contributed by atoms with Crippen LogP contribution in [0.1, 0.15) is 37.7 Å². The molecule has 1 aliphatic carbocycles. The Kier molecular flexibility index (Phi) is 4.89. The number of hydrogen-bond acceptors (Lipinski definition) is 4. The number of nitrogens with two attached hydrogens (primary N) is 1. The number of rotatable bonds is 4. The normalized spacial score (nSPS) is 18.1. The fourth-order valence-electron chi connectivity index (χ4n) is 2.54. The van der Waals surface area contributed by atoms with Crippen LogP contribution in [0.2, 0.25) is 5.02 Å².